The molecular weight excluding hydrogens is 108 g/mol. The minimum absolute atomic E-state index is 0.569. The highest BCUT2D eigenvalue weighted by atomic mass is 15.7. The van der Waals surface area contributed by atoms with Gasteiger partial charge < -0.3 is 0 Å². The molecule has 6 heteroatoms. The Hall–Kier alpha value is -0.530. The predicted molar refractivity (Wildman–Crippen MR) is 30.9 cm³/mol. The van der Waals surface area contributed by atoms with Crippen molar-refractivity contribution >= 4 is 6.72 Å². The standard InChI is InChI=1S/C2H10N6/c1-7-2(3,4)8(5)6/h1,3-6H2. The highest BCUT2D eigenvalue weighted by molar-refractivity contribution is 5.24. The quantitative estimate of drug-likeness (QED) is 0.136. The molecule has 0 unspecified atom stereocenters. The lowest BCUT2D eigenvalue weighted by Crippen LogP contribution is -2.67. The molecule has 0 aliphatic heterocycles. The zero-order valence-corrected chi connectivity index (χ0v) is 4.41. The second-order valence-corrected chi connectivity index (χ2v) is 1.35. The zero-order valence-electron chi connectivity index (χ0n) is 4.41. The summed E-state index contributed by atoms with van der Waals surface area (Å²) in [5.41, 5.74) is 10.2. The molecule has 6 nitrogen and oxygen atoms in total. The predicted octanol–water partition coefficient (Wildman–Crippen LogP) is -2.73. The van der Waals surface area contributed by atoms with Crippen LogP contribution in [0, 0.1) is 0 Å². The third kappa shape index (κ3) is 1.52. The molecule has 0 aromatic carbocycles. The van der Waals surface area contributed by atoms with Crippen LogP contribution >= 0.6 is 0 Å². The Morgan fingerprint density at radius 2 is 1.75 bits per heavy atom. The van der Waals surface area contributed by atoms with Crippen molar-refractivity contribution in [3.63, 3.8) is 0 Å². The number of hydrazine groups is 2. The van der Waals surface area contributed by atoms with Gasteiger partial charge in [0.1, 0.15) is 0 Å². The van der Waals surface area contributed by atoms with E-state index in [-0.39, 0.29) is 0 Å². The summed E-state index contributed by atoms with van der Waals surface area (Å²) < 4.78 is 0. The molecular formula is C2H10N6. The van der Waals surface area contributed by atoms with Crippen LogP contribution in [-0.2, 0) is 0 Å². The topological polar surface area (TPSA) is 120 Å². The van der Waals surface area contributed by atoms with E-state index in [1.807, 2.05) is 0 Å². The molecule has 0 saturated heterocycles. The van der Waals surface area contributed by atoms with Crippen molar-refractivity contribution in [2.45, 2.75) is 5.91 Å². The lowest BCUT2D eigenvalue weighted by Gasteiger charge is -2.24. The van der Waals surface area contributed by atoms with Crippen LogP contribution in [-0.4, -0.2) is 17.7 Å². The maximum atomic E-state index is 5.08. The average molecular weight is 118 g/mol. The number of aliphatic imine (C=N–C) groups is 1. The summed E-state index contributed by atoms with van der Waals surface area (Å²) in [7, 11) is 0. The van der Waals surface area contributed by atoms with Crippen molar-refractivity contribution in [1.82, 2.24) is 5.12 Å². The molecule has 0 radical (unpaired) electrons. The van der Waals surface area contributed by atoms with Crippen LogP contribution in [0.5, 0.6) is 0 Å². The largest absolute Gasteiger partial charge is 0.279 e. The van der Waals surface area contributed by atoms with E-state index in [0.29, 0.717) is 5.12 Å². The van der Waals surface area contributed by atoms with Gasteiger partial charge in [-0.05, 0) is 6.72 Å². The van der Waals surface area contributed by atoms with Gasteiger partial charge in [0.2, 0.25) is 5.91 Å². The molecule has 0 saturated carbocycles. The molecule has 0 bridgehead atoms. The maximum Gasteiger partial charge on any atom is 0.245 e. The van der Waals surface area contributed by atoms with Gasteiger partial charge in [0, 0.05) is 0 Å². The van der Waals surface area contributed by atoms with Crippen LogP contribution in [0.25, 0.3) is 0 Å². The molecule has 0 amide bonds. The smallest absolute Gasteiger partial charge is 0.245 e. The highest BCUT2D eigenvalue weighted by Gasteiger charge is 2.19. The van der Waals surface area contributed by atoms with E-state index < -0.39 is 5.91 Å². The van der Waals surface area contributed by atoms with E-state index in [1.54, 1.807) is 0 Å². The molecule has 8 heavy (non-hydrogen) atoms. The molecule has 0 atom stereocenters. The highest BCUT2D eigenvalue weighted by Crippen LogP contribution is 1.86. The second kappa shape index (κ2) is 2.16. The van der Waals surface area contributed by atoms with Crippen LogP contribution < -0.4 is 23.2 Å². The summed E-state index contributed by atoms with van der Waals surface area (Å²) in [4.78, 5) is 3.20. The molecule has 0 rings (SSSR count). The first-order chi connectivity index (χ1) is 3.50. The van der Waals surface area contributed by atoms with E-state index >= 15 is 0 Å². The van der Waals surface area contributed by atoms with Crippen LogP contribution in [0.4, 0.5) is 0 Å². The van der Waals surface area contributed by atoms with Gasteiger partial charge in [0.25, 0.3) is 0 Å². The van der Waals surface area contributed by atoms with Gasteiger partial charge in [0.15, 0.2) is 0 Å². The molecule has 48 valence electrons. The lowest BCUT2D eigenvalue weighted by atomic mass is 10.7. The van der Waals surface area contributed by atoms with Crippen molar-refractivity contribution in [2.75, 3.05) is 0 Å². The van der Waals surface area contributed by atoms with Crippen molar-refractivity contribution in [1.29, 1.82) is 0 Å². The Kier molecular flexibility index (Phi) is 2.02. The normalized spacial score (nSPS) is 12.1. The van der Waals surface area contributed by atoms with E-state index in [4.69, 9.17) is 23.2 Å². The molecule has 0 aromatic rings. The van der Waals surface area contributed by atoms with Gasteiger partial charge in [-0.3, -0.25) is 23.2 Å². The van der Waals surface area contributed by atoms with Crippen molar-refractivity contribution in [2.24, 2.45) is 28.1 Å². The van der Waals surface area contributed by atoms with Crippen molar-refractivity contribution in [3.05, 3.63) is 0 Å². The number of nitrogens with two attached hydrogens (primary N) is 4. The summed E-state index contributed by atoms with van der Waals surface area (Å²) in [6.45, 7) is 3.05. The average Bonchev–Trinajstić information content (AvgIpc) is 1.67. The first-order valence-corrected chi connectivity index (χ1v) is 1.86. The van der Waals surface area contributed by atoms with E-state index in [2.05, 4.69) is 11.7 Å². The molecule has 0 spiro atoms. The fourth-order valence-electron chi connectivity index (χ4n) is 0.0816. The Morgan fingerprint density at radius 1 is 1.38 bits per heavy atom. The number of nitrogens with zero attached hydrogens (tertiary/aromatic N) is 2. The van der Waals surface area contributed by atoms with Gasteiger partial charge in [-0.25, -0.2) is 4.99 Å². The third-order valence-electron chi connectivity index (χ3n) is 0.667. The van der Waals surface area contributed by atoms with Crippen LogP contribution in [0.15, 0.2) is 4.99 Å². The number of hydrogen-bond acceptors (Lipinski definition) is 6. The lowest BCUT2D eigenvalue weighted by molar-refractivity contribution is 0.109. The summed E-state index contributed by atoms with van der Waals surface area (Å²) in [5.74, 6) is 8.26. The minimum atomic E-state index is -1.56. The number of hydrogen-bond donors (Lipinski definition) is 4. The van der Waals surface area contributed by atoms with Gasteiger partial charge in [0.05, 0.1) is 0 Å². The molecule has 0 aliphatic carbocycles. The molecule has 0 aromatic heterocycles. The monoisotopic (exact) mass is 118 g/mol. The van der Waals surface area contributed by atoms with E-state index in [0.717, 1.165) is 0 Å². The minimum Gasteiger partial charge on any atom is -0.279 e. The fraction of sp³-hybridized carbons (Fsp3) is 0.500. The van der Waals surface area contributed by atoms with E-state index in [9.17, 15) is 0 Å². The van der Waals surface area contributed by atoms with Gasteiger partial charge in [-0.2, -0.15) is 0 Å². The van der Waals surface area contributed by atoms with Crippen LogP contribution in [0.1, 0.15) is 0 Å². The molecule has 0 fully saturated rings. The first-order valence-electron chi connectivity index (χ1n) is 1.86. The van der Waals surface area contributed by atoms with Gasteiger partial charge in [-0.15, -0.1) is 5.12 Å². The number of rotatable bonds is 2. The third-order valence-corrected chi connectivity index (χ3v) is 0.667. The zero-order chi connectivity index (χ0) is 6.78. The van der Waals surface area contributed by atoms with E-state index in [1.165, 1.54) is 0 Å². The van der Waals surface area contributed by atoms with Crippen molar-refractivity contribution in [3.8, 4) is 0 Å². The maximum absolute atomic E-state index is 5.08. The fourth-order valence-corrected chi connectivity index (χ4v) is 0.0816. The molecule has 0 heterocycles. The van der Waals surface area contributed by atoms with Crippen molar-refractivity contribution < 1.29 is 0 Å². The Morgan fingerprint density at radius 3 is 1.75 bits per heavy atom. The van der Waals surface area contributed by atoms with Gasteiger partial charge in [-0.1, -0.05) is 0 Å². The SMILES string of the molecule is C=NC(N)(N)N(N)N. The van der Waals surface area contributed by atoms with Gasteiger partial charge >= 0.3 is 0 Å². The first kappa shape index (κ1) is 7.47. The molecule has 8 N–H and O–H groups in total. The summed E-state index contributed by atoms with van der Waals surface area (Å²) in [5, 5.41) is 0.569. The second-order valence-electron chi connectivity index (χ2n) is 1.35. The van der Waals surface area contributed by atoms with Crippen LogP contribution in [0.3, 0.4) is 0 Å². The summed E-state index contributed by atoms with van der Waals surface area (Å²) in [6, 6.07) is 0. The Balaban J connectivity index is 3.90. The Labute approximate surface area is 47.1 Å². The van der Waals surface area contributed by atoms with Crippen LogP contribution in [0.2, 0.25) is 0 Å². The summed E-state index contributed by atoms with van der Waals surface area (Å²) in [6.07, 6.45) is 0. The summed E-state index contributed by atoms with van der Waals surface area (Å²) >= 11 is 0. The Bertz CT molecular complexity index is 84.5. The molecule has 0 aliphatic rings.